The van der Waals surface area contributed by atoms with E-state index in [0.717, 1.165) is 66.7 Å². The topological polar surface area (TPSA) is 54.5 Å². The second kappa shape index (κ2) is 9.98. The van der Waals surface area contributed by atoms with Gasteiger partial charge in [-0.05, 0) is 36.6 Å². The summed E-state index contributed by atoms with van der Waals surface area (Å²) in [6.07, 6.45) is 0.801. The molecule has 0 bridgehead atoms. The van der Waals surface area contributed by atoms with Crippen LogP contribution >= 0.6 is 11.3 Å². The van der Waals surface area contributed by atoms with Gasteiger partial charge in [0, 0.05) is 42.7 Å². The van der Waals surface area contributed by atoms with E-state index in [1.807, 2.05) is 25.1 Å². The highest BCUT2D eigenvalue weighted by Gasteiger charge is 2.12. The molecule has 0 saturated carbocycles. The third-order valence-corrected chi connectivity index (χ3v) is 6.04. The molecule has 0 atom stereocenters. The molecule has 4 rings (SSSR count). The van der Waals surface area contributed by atoms with Crippen molar-refractivity contribution in [2.75, 3.05) is 32.8 Å². The van der Waals surface area contributed by atoms with Crippen LogP contribution in [0.15, 0.2) is 53.9 Å². The van der Waals surface area contributed by atoms with Crippen molar-refractivity contribution < 1.29 is 9.53 Å². The minimum Gasteiger partial charge on any atom is -0.379 e. The molecule has 156 valence electrons. The lowest BCUT2D eigenvalue weighted by molar-refractivity contribution is 0.0342. The summed E-state index contributed by atoms with van der Waals surface area (Å²) in [6.45, 7) is 6.93. The van der Waals surface area contributed by atoms with Gasteiger partial charge in [-0.25, -0.2) is 4.98 Å². The molecule has 0 spiro atoms. The number of aryl methyl sites for hydroxylation is 1. The molecule has 1 aromatic heterocycles. The molecule has 1 aliphatic heterocycles. The molecule has 1 amide bonds. The summed E-state index contributed by atoms with van der Waals surface area (Å²) in [6, 6.07) is 16.3. The smallest absolute Gasteiger partial charge is 0.251 e. The van der Waals surface area contributed by atoms with Crippen molar-refractivity contribution in [3.8, 4) is 11.3 Å². The average Bonchev–Trinajstić information content (AvgIpc) is 3.21. The third-order valence-electron chi connectivity index (χ3n) is 5.27. The fourth-order valence-corrected chi connectivity index (χ4v) is 4.21. The van der Waals surface area contributed by atoms with Crippen LogP contribution < -0.4 is 5.32 Å². The largest absolute Gasteiger partial charge is 0.379 e. The van der Waals surface area contributed by atoms with Crippen LogP contribution in [0.3, 0.4) is 0 Å². The number of rotatable bonds is 7. The number of hydrogen-bond acceptors (Lipinski definition) is 5. The van der Waals surface area contributed by atoms with Gasteiger partial charge in [-0.1, -0.05) is 36.4 Å². The standard InChI is InChI=1S/C24H27N3O2S/c1-18-26-23(17-30-18)21-7-5-19(6-8-21)9-10-25-24(28)22-4-2-3-20(15-22)16-27-11-13-29-14-12-27/h2-8,15,17H,9-14,16H2,1H3,(H,25,28). The Hall–Kier alpha value is -2.54. The SMILES string of the molecule is Cc1nc(-c2ccc(CCNC(=O)c3cccc(CN4CCOCC4)c3)cc2)cs1. The molecule has 1 saturated heterocycles. The molecule has 3 aromatic rings. The Kier molecular flexibility index (Phi) is 6.89. The number of ether oxygens (including phenoxy) is 1. The summed E-state index contributed by atoms with van der Waals surface area (Å²) >= 11 is 1.66. The van der Waals surface area contributed by atoms with Gasteiger partial charge < -0.3 is 10.1 Å². The monoisotopic (exact) mass is 421 g/mol. The van der Waals surface area contributed by atoms with Crippen LogP contribution in [0.1, 0.15) is 26.5 Å². The highest BCUT2D eigenvalue weighted by atomic mass is 32.1. The maximum atomic E-state index is 12.6. The van der Waals surface area contributed by atoms with Gasteiger partial charge in [-0.15, -0.1) is 11.3 Å². The molecule has 5 nitrogen and oxygen atoms in total. The minimum absolute atomic E-state index is 0.0200. The first-order chi connectivity index (χ1) is 14.7. The van der Waals surface area contributed by atoms with Crippen molar-refractivity contribution in [1.29, 1.82) is 0 Å². The quantitative estimate of drug-likeness (QED) is 0.628. The van der Waals surface area contributed by atoms with Crippen molar-refractivity contribution in [3.63, 3.8) is 0 Å². The second-order valence-electron chi connectivity index (χ2n) is 7.54. The van der Waals surface area contributed by atoms with Crippen molar-refractivity contribution in [2.24, 2.45) is 0 Å². The van der Waals surface area contributed by atoms with E-state index in [9.17, 15) is 4.79 Å². The first-order valence-electron chi connectivity index (χ1n) is 10.4. The predicted octanol–water partition coefficient (Wildman–Crippen LogP) is 3.92. The summed E-state index contributed by atoms with van der Waals surface area (Å²) in [5, 5.41) is 6.20. The van der Waals surface area contributed by atoms with Gasteiger partial charge in [-0.3, -0.25) is 9.69 Å². The Labute approximate surface area is 181 Å². The molecule has 1 N–H and O–H groups in total. The van der Waals surface area contributed by atoms with E-state index >= 15 is 0 Å². The Morgan fingerprint density at radius 3 is 2.67 bits per heavy atom. The number of carbonyl (C=O) groups is 1. The summed E-state index contributed by atoms with van der Waals surface area (Å²) < 4.78 is 5.40. The molecule has 1 fully saturated rings. The van der Waals surface area contributed by atoms with E-state index in [0.29, 0.717) is 6.54 Å². The van der Waals surface area contributed by atoms with Gasteiger partial charge in [0.15, 0.2) is 0 Å². The number of thiazole rings is 1. The third kappa shape index (κ3) is 5.53. The molecular formula is C24H27N3O2S. The molecule has 30 heavy (non-hydrogen) atoms. The zero-order valence-electron chi connectivity index (χ0n) is 17.3. The molecule has 0 radical (unpaired) electrons. The van der Waals surface area contributed by atoms with Gasteiger partial charge in [0.1, 0.15) is 0 Å². The first kappa shape index (κ1) is 20.7. The number of nitrogens with one attached hydrogen (secondary N) is 1. The lowest BCUT2D eigenvalue weighted by Gasteiger charge is -2.26. The van der Waals surface area contributed by atoms with Crippen molar-refractivity contribution in [3.05, 3.63) is 75.6 Å². The Balaban J connectivity index is 1.27. The molecule has 0 unspecified atom stereocenters. The number of amides is 1. The Bertz CT molecular complexity index is 978. The molecule has 2 aromatic carbocycles. The van der Waals surface area contributed by atoms with Crippen LogP contribution in [0.4, 0.5) is 0 Å². The predicted molar refractivity (Wildman–Crippen MR) is 121 cm³/mol. The highest BCUT2D eigenvalue weighted by Crippen LogP contribution is 2.21. The summed E-state index contributed by atoms with van der Waals surface area (Å²) in [5.41, 5.74) is 5.23. The summed E-state index contributed by atoms with van der Waals surface area (Å²) in [5.74, 6) is -0.0200. The number of morpholine rings is 1. The van der Waals surface area contributed by atoms with Gasteiger partial charge >= 0.3 is 0 Å². The first-order valence-corrected chi connectivity index (χ1v) is 11.2. The van der Waals surface area contributed by atoms with E-state index in [-0.39, 0.29) is 5.91 Å². The molecular weight excluding hydrogens is 394 g/mol. The lowest BCUT2D eigenvalue weighted by Crippen LogP contribution is -2.35. The molecule has 2 heterocycles. The van der Waals surface area contributed by atoms with Crippen LogP contribution in [-0.2, 0) is 17.7 Å². The van der Waals surface area contributed by atoms with Crippen LogP contribution in [0.2, 0.25) is 0 Å². The highest BCUT2D eigenvalue weighted by molar-refractivity contribution is 7.09. The van der Waals surface area contributed by atoms with Crippen LogP contribution in [0.25, 0.3) is 11.3 Å². The summed E-state index contributed by atoms with van der Waals surface area (Å²) in [4.78, 5) is 19.5. The summed E-state index contributed by atoms with van der Waals surface area (Å²) in [7, 11) is 0. The molecule has 0 aliphatic carbocycles. The Morgan fingerprint density at radius 2 is 1.93 bits per heavy atom. The zero-order chi connectivity index (χ0) is 20.8. The lowest BCUT2D eigenvalue weighted by atomic mass is 10.1. The van der Waals surface area contributed by atoms with Gasteiger partial charge in [0.05, 0.1) is 23.9 Å². The van der Waals surface area contributed by atoms with Crippen molar-refractivity contribution in [2.45, 2.75) is 19.9 Å². The van der Waals surface area contributed by atoms with Crippen LogP contribution in [0.5, 0.6) is 0 Å². The van der Waals surface area contributed by atoms with E-state index in [4.69, 9.17) is 4.74 Å². The normalized spacial score (nSPS) is 14.6. The Morgan fingerprint density at radius 1 is 1.13 bits per heavy atom. The fraction of sp³-hybridized carbons (Fsp3) is 0.333. The van der Waals surface area contributed by atoms with Gasteiger partial charge in [0.2, 0.25) is 0 Å². The number of hydrogen-bond donors (Lipinski definition) is 1. The van der Waals surface area contributed by atoms with E-state index < -0.39 is 0 Å². The average molecular weight is 422 g/mol. The molecule has 1 aliphatic rings. The minimum atomic E-state index is -0.0200. The maximum Gasteiger partial charge on any atom is 0.251 e. The second-order valence-corrected chi connectivity index (χ2v) is 8.61. The van der Waals surface area contributed by atoms with E-state index in [2.05, 4.69) is 50.9 Å². The van der Waals surface area contributed by atoms with Crippen LogP contribution in [0, 0.1) is 6.92 Å². The van der Waals surface area contributed by atoms with E-state index in [1.165, 1.54) is 5.56 Å². The number of nitrogens with zero attached hydrogens (tertiary/aromatic N) is 2. The zero-order valence-corrected chi connectivity index (χ0v) is 18.1. The van der Waals surface area contributed by atoms with Crippen molar-refractivity contribution in [1.82, 2.24) is 15.2 Å². The maximum absolute atomic E-state index is 12.6. The van der Waals surface area contributed by atoms with Crippen LogP contribution in [-0.4, -0.2) is 48.6 Å². The number of benzene rings is 2. The fourth-order valence-electron chi connectivity index (χ4n) is 3.59. The number of aromatic nitrogens is 1. The van der Waals surface area contributed by atoms with Gasteiger partial charge in [-0.2, -0.15) is 0 Å². The molecule has 6 heteroatoms. The van der Waals surface area contributed by atoms with Gasteiger partial charge in [0.25, 0.3) is 5.91 Å². The van der Waals surface area contributed by atoms with E-state index in [1.54, 1.807) is 11.3 Å². The van der Waals surface area contributed by atoms with Crippen molar-refractivity contribution >= 4 is 17.2 Å². The number of carbonyl (C=O) groups excluding carboxylic acids is 1.